The smallest absolute Gasteiger partial charge is 0.270 e. The van der Waals surface area contributed by atoms with Crippen LogP contribution < -0.4 is 10.2 Å². The first-order valence-electron chi connectivity index (χ1n) is 9.35. The van der Waals surface area contributed by atoms with Crippen LogP contribution in [0.2, 0.25) is 0 Å². The molecule has 1 aromatic heterocycles. The molecule has 0 unspecified atom stereocenters. The highest BCUT2D eigenvalue weighted by Crippen LogP contribution is 2.30. The zero-order chi connectivity index (χ0) is 21.1. The van der Waals surface area contributed by atoms with Crippen molar-refractivity contribution in [2.75, 3.05) is 36.5 Å². The Kier molecular flexibility index (Phi) is 5.40. The number of hydrogen-bond donors (Lipinski definition) is 1. The third kappa shape index (κ3) is 3.98. The van der Waals surface area contributed by atoms with Gasteiger partial charge in [-0.1, -0.05) is 17.3 Å². The van der Waals surface area contributed by atoms with Crippen molar-refractivity contribution in [2.45, 2.75) is 6.92 Å². The predicted molar refractivity (Wildman–Crippen MR) is 109 cm³/mol. The molecule has 10 nitrogen and oxygen atoms in total. The SMILES string of the molecule is Cc1nc(-c2ccccc2NC(=O)c2cc([N+](=O)[O-])ccc2N2CCOCC2)no1. The van der Waals surface area contributed by atoms with Crippen LogP contribution in [-0.2, 0) is 4.74 Å². The molecule has 154 valence electrons. The minimum atomic E-state index is -0.518. The van der Waals surface area contributed by atoms with Gasteiger partial charge in [-0.25, -0.2) is 0 Å². The number of hydrogen-bond acceptors (Lipinski definition) is 8. The summed E-state index contributed by atoms with van der Waals surface area (Å²) in [5.74, 6) is 0.281. The fourth-order valence-electron chi connectivity index (χ4n) is 3.28. The highest BCUT2D eigenvalue weighted by molar-refractivity contribution is 6.10. The maximum atomic E-state index is 13.2. The normalized spacial score (nSPS) is 13.8. The van der Waals surface area contributed by atoms with Crippen LogP contribution in [0.5, 0.6) is 0 Å². The van der Waals surface area contributed by atoms with Gasteiger partial charge in [0.2, 0.25) is 11.7 Å². The van der Waals surface area contributed by atoms with Gasteiger partial charge in [0.25, 0.3) is 11.6 Å². The van der Waals surface area contributed by atoms with E-state index >= 15 is 0 Å². The molecular formula is C20H19N5O5. The standard InChI is InChI=1S/C20H19N5O5/c1-13-21-19(23-30-13)15-4-2-3-5-17(15)22-20(26)16-12-14(25(27)28)6-7-18(16)24-8-10-29-11-9-24/h2-7,12H,8-11H2,1H3,(H,22,26). The van der Waals surface area contributed by atoms with E-state index < -0.39 is 10.8 Å². The van der Waals surface area contributed by atoms with Crippen LogP contribution in [-0.4, -0.2) is 47.3 Å². The summed E-state index contributed by atoms with van der Waals surface area (Å²) < 4.78 is 10.4. The highest BCUT2D eigenvalue weighted by atomic mass is 16.6. The number of nitrogens with zero attached hydrogens (tertiary/aromatic N) is 4. The van der Waals surface area contributed by atoms with Gasteiger partial charge >= 0.3 is 0 Å². The number of amides is 1. The van der Waals surface area contributed by atoms with E-state index in [9.17, 15) is 14.9 Å². The van der Waals surface area contributed by atoms with Crippen LogP contribution in [0.3, 0.4) is 0 Å². The van der Waals surface area contributed by atoms with Crippen LogP contribution in [0.1, 0.15) is 16.2 Å². The number of carbonyl (C=O) groups is 1. The fourth-order valence-corrected chi connectivity index (χ4v) is 3.28. The lowest BCUT2D eigenvalue weighted by molar-refractivity contribution is -0.384. The largest absolute Gasteiger partial charge is 0.378 e. The van der Waals surface area contributed by atoms with Gasteiger partial charge in [-0.3, -0.25) is 14.9 Å². The van der Waals surface area contributed by atoms with Crippen molar-refractivity contribution >= 4 is 23.0 Å². The van der Waals surface area contributed by atoms with E-state index in [2.05, 4.69) is 15.5 Å². The molecule has 0 bridgehead atoms. The molecular weight excluding hydrogens is 390 g/mol. The maximum Gasteiger partial charge on any atom is 0.270 e. The first-order chi connectivity index (χ1) is 14.5. The van der Waals surface area contributed by atoms with Crippen molar-refractivity contribution < 1.29 is 19.0 Å². The summed E-state index contributed by atoms with van der Waals surface area (Å²) >= 11 is 0. The molecule has 2 aromatic carbocycles. The van der Waals surface area contributed by atoms with Gasteiger partial charge in [-0.2, -0.15) is 4.98 Å². The number of non-ortho nitro benzene ring substituents is 1. The molecule has 1 aliphatic heterocycles. The van der Waals surface area contributed by atoms with Gasteiger partial charge in [0, 0.05) is 37.7 Å². The van der Waals surface area contributed by atoms with E-state index in [0.29, 0.717) is 55.0 Å². The number of para-hydroxylation sites is 1. The van der Waals surface area contributed by atoms with E-state index in [1.807, 2.05) is 4.90 Å². The Labute approximate surface area is 171 Å². The monoisotopic (exact) mass is 409 g/mol. The van der Waals surface area contributed by atoms with Crippen molar-refractivity contribution in [1.82, 2.24) is 10.1 Å². The summed E-state index contributed by atoms with van der Waals surface area (Å²) in [6.07, 6.45) is 0. The number of ether oxygens (including phenoxy) is 1. The Balaban J connectivity index is 1.70. The second kappa shape index (κ2) is 8.29. The molecule has 0 atom stereocenters. The number of carbonyl (C=O) groups excluding carboxylic acids is 1. The molecule has 10 heteroatoms. The van der Waals surface area contributed by atoms with Crippen LogP contribution >= 0.6 is 0 Å². The van der Waals surface area contributed by atoms with Crippen molar-refractivity contribution in [3.05, 3.63) is 64.0 Å². The van der Waals surface area contributed by atoms with E-state index in [1.165, 1.54) is 12.1 Å². The predicted octanol–water partition coefficient (Wildman–Crippen LogP) is 3.04. The number of aryl methyl sites for hydroxylation is 1. The average molecular weight is 409 g/mol. The molecule has 0 radical (unpaired) electrons. The van der Waals surface area contributed by atoms with Crippen LogP contribution in [0.15, 0.2) is 47.0 Å². The Morgan fingerprint density at radius 3 is 2.67 bits per heavy atom. The topological polar surface area (TPSA) is 124 Å². The first-order valence-corrected chi connectivity index (χ1v) is 9.35. The molecule has 30 heavy (non-hydrogen) atoms. The quantitative estimate of drug-likeness (QED) is 0.504. The van der Waals surface area contributed by atoms with Crippen molar-refractivity contribution in [1.29, 1.82) is 0 Å². The second-order valence-corrected chi connectivity index (χ2v) is 6.69. The minimum Gasteiger partial charge on any atom is -0.378 e. The summed E-state index contributed by atoms with van der Waals surface area (Å²) in [5, 5.41) is 18.0. The van der Waals surface area contributed by atoms with E-state index in [0.717, 1.165) is 0 Å². The molecule has 1 fully saturated rings. The third-order valence-corrected chi connectivity index (χ3v) is 4.73. The van der Waals surface area contributed by atoms with Gasteiger partial charge in [0.1, 0.15) is 0 Å². The summed E-state index contributed by atoms with van der Waals surface area (Å²) in [5.41, 5.74) is 1.74. The summed E-state index contributed by atoms with van der Waals surface area (Å²) in [6.45, 7) is 3.92. The van der Waals surface area contributed by atoms with Crippen molar-refractivity contribution in [3.8, 4) is 11.4 Å². The zero-order valence-electron chi connectivity index (χ0n) is 16.2. The first kappa shape index (κ1) is 19.5. The van der Waals surface area contributed by atoms with E-state index in [1.54, 1.807) is 37.3 Å². The van der Waals surface area contributed by atoms with E-state index in [-0.39, 0.29) is 11.3 Å². The number of morpholine rings is 1. The van der Waals surface area contributed by atoms with Gasteiger partial charge in [0.05, 0.1) is 35.1 Å². The lowest BCUT2D eigenvalue weighted by Crippen LogP contribution is -2.37. The summed E-state index contributed by atoms with van der Waals surface area (Å²) in [6, 6.07) is 11.3. The lowest BCUT2D eigenvalue weighted by Gasteiger charge is -2.30. The van der Waals surface area contributed by atoms with Gasteiger partial charge in [-0.15, -0.1) is 0 Å². The average Bonchev–Trinajstić information content (AvgIpc) is 3.20. The number of nitrogens with one attached hydrogen (secondary N) is 1. The summed E-state index contributed by atoms with van der Waals surface area (Å²) in [7, 11) is 0. The molecule has 1 saturated heterocycles. The number of nitro groups is 1. The number of anilines is 2. The van der Waals surface area contributed by atoms with Crippen molar-refractivity contribution in [3.63, 3.8) is 0 Å². The molecule has 0 aliphatic carbocycles. The third-order valence-electron chi connectivity index (χ3n) is 4.73. The fraction of sp³-hybridized carbons (Fsp3) is 0.250. The second-order valence-electron chi connectivity index (χ2n) is 6.69. The van der Waals surface area contributed by atoms with Gasteiger partial charge in [-0.05, 0) is 18.2 Å². The van der Waals surface area contributed by atoms with Crippen LogP contribution in [0, 0.1) is 17.0 Å². The molecule has 3 aromatic rings. The summed E-state index contributed by atoms with van der Waals surface area (Å²) in [4.78, 5) is 30.1. The molecule has 2 heterocycles. The Morgan fingerprint density at radius 2 is 1.97 bits per heavy atom. The lowest BCUT2D eigenvalue weighted by atomic mass is 10.1. The zero-order valence-corrected chi connectivity index (χ0v) is 16.2. The molecule has 1 aliphatic rings. The molecule has 0 saturated carbocycles. The number of benzene rings is 2. The Bertz CT molecular complexity index is 1090. The van der Waals surface area contributed by atoms with Gasteiger partial charge in [0.15, 0.2) is 0 Å². The van der Waals surface area contributed by atoms with Crippen molar-refractivity contribution in [2.24, 2.45) is 0 Å². The van der Waals surface area contributed by atoms with Crippen LogP contribution in [0.4, 0.5) is 17.1 Å². The maximum absolute atomic E-state index is 13.2. The number of rotatable bonds is 5. The Hall–Kier alpha value is -3.79. The molecule has 1 amide bonds. The van der Waals surface area contributed by atoms with Crippen LogP contribution in [0.25, 0.3) is 11.4 Å². The number of aromatic nitrogens is 2. The molecule has 1 N–H and O–H groups in total. The molecule has 4 rings (SSSR count). The van der Waals surface area contributed by atoms with E-state index in [4.69, 9.17) is 9.26 Å². The van der Waals surface area contributed by atoms with Gasteiger partial charge < -0.3 is 19.5 Å². The molecule has 0 spiro atoms. The Morgan fingerprint density at radius 1 is 1.20 bits per heavy atom. The highest BCUT2D eigenvalue weighted by Gasteiger charge is 2.23. The minimum absolute atomic E-state index is 0.153. The number of nitro benzene ring substituents is 1.